The van der Waals surface area contributed by atoms with Gasteiger partial charge >= 0.3 is 6.18 Å². The highest BCUT2D eigenvalue weighted by Gasteiger charge is 2.32. The van der Waals surface area contributed by atoms with Crippen molar-refractivity contribution < 1.29 is 23.4 Å². The Hall–Kier alpha value is -2.42. The van der Waals surface area contributed by atoms with E-state index in [1.165, 1.54) is 0 Å². The number of nitrogens with zero attached hydrogens (tertiary/aromatic N) is 3. The number of aromatic nitrogens is 3. The summed E-state index contributed by atoms with van der Waals surface area (Å²) in [5.74, 6) is -0.149. The smallest absolute Gasteiger partial charge is 0.418 e. The van der Waals surface area contributed by atoms with Gasteiger partial charge in [0, 0.05) is 6.20 Å². The molecule has 0 saturated heterocycles. The Morgan fingerprint density at radius 2 is 1.85 bits per heavy atom. The van der Waals surface area contributed by atoms with Gasteiger partial charge in [0.25, 0.3) is 0 Å². The van der Waals surface area contributed by atoms with E-state index in [-0.39, 0.29) is 17.4 Å². The van der Waals surface area contributed by atoms with Gasteiger partial charge in [-0.2, -0.15) is 13.2 Å². The fraction of sp³-hybridized carbons (Fsp3) is 0.471. The van der Waals surface area contributed by atoms with E-state index in [0.29, 0.717) is 23.6 Å². The minimum atomic E-state index is -4.58. The number of pyridine rings is 1. The molecule has 2 heterocycles. The first-order valence-electron chi connectivity index (χ1n) is 8.31. The lowest BCUT2D eigenvalue weighted by molar-refractivity contribution is -0.137. The molecule has 1 aliphatic rings. The Morgan fingerprint density at radius 3 is 2.46 bits per heavy atom. The monoisotopic (exact) mass is 368 g/mol. The van der Waals surface area contributed by atoms with Gasteiger partial charge in [0.2, 0.25) is 0 Å². The first kappa shape index (κ1) is 18.4. The quantitative estimate of drug-likeness (QED) is 0.770. The van der Waals surface area contributed by atoms with Crippen LogP contribution >= 0.6 is 0 Å². The van der Waals surface area contributed by atoms with E-state index < -0.39 is 23.6 Å². The van der Waals surface area contributed by atoms with Crippen molar-refractivity contribution in [1.29, 1.82) is 0 Å². The summed E-state index contributed by atoms with van der Waals surface area (Å²) in [5.41, 5.74) is -0.303. The highest BCUT2D eigenvalue weighted by molar-refractivity contribution is 5.66. The van der Waals surface area contributed by atoms with Crippen molar-refractivity contribution in [2.45, 2.75) is 50.9 Å². The molecule has 0 bridgehead atoms. The number of anilines is 1. The Bertz CT molecular complexity index is 798. The number of nitrogens with one attached hydrogen (secondary N) is 1. The highest BCUT2D eigenvalue weighted by Crippen LogP contribution is 2.35. The van der Waals surface area contributed by atoms with Crippen molar-refractivity contribution in [3.05, 3.63) is 29.5 Å². The van der Waals surface area contributed by atoms with E-state index >= 15 is 0 Å². The first-order chi connectivity index (χ1) is 12.3. The normalized spacial score (nSPS) is 20.8. The summed E-state index contributed by atoms with van der Waals surface area (Å²) in [6.07, 6.45) is -0.828. The molecule has 2 aromatic heterocycles. The van der Waals surface area contributed by atoms with Gasteiger partial charge in [-0.1, -0.05) is 12.8 Å². The van der Waals surface area contributed by atoms with E-state index in [1.807, 2.05) is 0 Å². The minimum absolute atomic E-state index is 0.0627. The topological polar surface area (TPSA) is 91.2 Å². The molecule has 26 heavy (non-hydrogen) atoms. The molecule has 1 fully saturated rings. The van der Waals surface area contributed by atoms with Gasteiger partial charge in [-0.25, -0.2) is 4.98 Å². The Morgan fingerprint density at radius 1 is 1.12 bits per heavy atom. The first-order valence-corrected chi connectivity index (χ1v) is 8.31. The molecule has 140 valence electrons. The van der Waals surface area contributed by atoms with Gasteiger partial charge < -0.3 is 15.5 Å². The highest BCUT2D eigenvalue weighted by atomic mass is 19.4. The average Bonchev–Trinajstić information content (AvgIpc) is 2.57. The Kier molecular flexibility index (Phi) is 4.99. The van der Waals surface area contributed by atoms with Crippen molar-refractivity contribution in [3.63, 3.8) is 0 Å². The molecular weight excluding hydrogens is 349 g/mol. The molecule has 0 spiro atoms. The molecule has 1 saturated carbocycles. The van der Waals surface area contributed by atoms with Crippen molar-refractivity contribution in [2.75, 3.05) is 5.32 Å². The molecule has 0 aliphatic heterocycles. The van der Waals surface area contributed by atoms with Crippen molar-refractivity contribution in [1.82, 2.24) is 15.2 Å². The van der Waals surface area contributed by atoms with Gasteiger partial charge in [0.05, 0.1) is 17.7 Å². The van der Waals surface area contributed by atoms with Crippen LogP contribution in [-0.2, 0) is 6.18 Å². The predicted molar refractivity (Wildman–Crippen MR) is 88.6 cm³/mol. The average molecular weight is 368 g/mol. The number of aryl methyl sites for hydroxylation is 1. The van der Waals surface area contributed by atoms with Crippen LogP contribution in [0.1, 0.15) is 36.8 Å². The third kappa shape index (κ3) is 3.87. The molecule has 0 amide bonds. The number of halogens is 3. The van der Waals surface area contributed by atoms with Crippen molar-refractivity contribution in [2.24, 2.45) is 0 Å². The SMILES string of the molecule is Cc1cc(N[C@H]2CCCC[C@@H]2O)nnc1-c1ncc(C(F)(F)F)cc1O. The number of aromatic hydroxyl groups is 1. The minimum Gasteiger partial charge on any atom is -0.506 e. The van der Waals surface area contributed by atoms with Crippen LogP contribution in [0.15, 0.2) is 18.3 Å². The number of hydrogen-bond donors (Lipinski definition) is 3. The summed E-state index contributed by atoms with van der Waals surface area (Å²) < 4.78 is 38.0. The van der Waals surface area contributed by atoms with Crippen LogP contribution in [0.2, 0.25) is 0 Å². The van der Waals surface area contributed by atoms with E-state index in [9.17, 15) is 23.4 Å². The van der Waals surface area contributed by atoms with Gasteiger partial charge in [0.15, 0.2) is 0 Å². The standard InChI is InChI=1S/C17H19F3N4O2/c1-9-6-14(22-11-4-2-3-5-12(11)25)23-24-15(9)16-13(26)7-10(8-21-16)17(18,19)20/h6-8,11-12,25-26H,2-5H2,1H3,(H,22,23)/t11-,12-/m0/s1. The molecule has 9 heteroatoms. The van der Waals surface area contributed by atoms with Crippen molar-refractivity contribution in [3.8, 4) is 17.1 Å². The zero-order chi connectivity index (χ0) is 18.9. The third-order valence-corrected chi connectivity index (χ3v) is 4.47. The lowest BCUT2D eigenvalue weighted by Crippen LogP contribution is -2.36. The lowest BCUT2D eigenvalue weighted by Gasteiger charge is -2.28. The molecule has 0 aromatic carbocycles. The van der Waals surface area contributed by atoms with Gasteiger partial charge in [-0.15, -0.1) is 10.2 Å². The number of hydrogen-bond acceptors (Lipinski definition) is 6. The molecular formula is C17H19F3N4O2. The van der Waals surface area contributed by atoms with E-state index in [2.05, 4.69) is 20.5 Å². The largest absolute Gasteiger partial charge is 0.506 e. The number of alkyl halides is 3. The van der Waals surface area contributed by atoms with E-state index in [4.69, 9.17) is 0 Å². The van der Waals surface area contributed by atoms with Gasteiger partial charge in [-0.3, -0.25) is 0 Å². The maximum absolute atomic E-state index is 12.7. The molecule has 2 atom stereocenters. The summed E-state index contributed by atoms with van der Waals surface area (Å²) in [4.78, 5) is 3.70. The zero-order valence-electron chi connectivity index (χ0n) is 14.1. The van der Waals surface area contributed by atoms with Crippen LogP contribution < -0.4 is 5.32 Å². The zero-order valence-corrected chi connectivity index (χ0v) is 14.1. The number of aliphatic hydroxyl groups is 1. The molecule has 1 aliphatic carbocycles. The molecule has 3 rings (SSSR count). The summed E-state index contributed by atoms with van der Waals surface area (Å²) in [5, 5.41) is 31.1. The second-order valence-corrected chi connectivity index (χ2v) is 6.45. The van der Waals surface area contributed by atoms with Crippen LogP contribution in [0.25, 0.3) is 11.4 Å². The molecule has 6 nitrogen and oxygen atoms in total. The van der Waals surface area contributed by atoms with Gasteiger partial charge in [-0.05, 0) is 37.5 Å². The van der Waals surface area contributed by atoms with Gasteiger partial charge in [0.1, 0.15) is 23.0 Å². The second kappa shape index (κ2) is 7.06. The van der Waals surface area contributed by atoms with Crippen LogP contribution in [0, 0.1) is 6.92 Å². The Labute approximate surface area is 148 Å². The summed E-state index contributed by atoms with van der Waals surface area (Å²) in [6.45, 7) is 1.70. The maximum atomic E-state index is 12.7. The van der Waals surface area contributed by atoms with Crippen LogP contribution in [-0.4, -0.2) is 37.5 Å². The molecule has 0 unspecified atom stereocenters. The Balaban J connectivity index is 1.84. The number of aliphatic hydroxyl groups excluding tert-OH is 1. The van der Waals surface area contributed by atoms with E-state index in [1.54, 1.807) is 13.0 Å². The lowest BCUT2D eigenvalue weighted by atomic mass is 9.92. The second-order valence-electron chi connectivity index (χ2n) is 6.45. The third-order valence-electron chi connectivity index (χ3n) is 4.47. The van der Waals surface area contributed by atoms with E-state index in [0.717, 1.165) is 25.7 Å². The summed E-state index contributed by atoms with van der Waals surface area (Å²) in [7, 11) is 0. The fourth-order valence-corrected chi connectivity index (χ4v) is 3.05. The predicted octanol–water partition coefficient (Wildman–Crippen LogP) is 3.29. The summed E-state index contributed by atoms with van der Waals surface area (Å²) >= 11 is 0. The summed E-state index contributed by atoms with van der Waals surface area (Å²) in [6, 6.07) is 2.18. The maximum Gasteiger partial charge on any atom is 0.418 e. The van der Waals surface area contributed by atoms with Crippen molar-refractivity contribution >= 4 is 5.82 Å². The fourth-order valence-electron chi connectivity index (χ4n) is 3.05. The molecule has 3 N–H and O–H groups in total. The van der Waals surface area contributed by atoms with Crippen LogP contribution in [0.4, 0.5) is 19.0 Å². The number of rotatable bonds is 3. The van der Waals surface area contributed by atoms with Crippen LogP contribution in [0.3, 0.4) is 0 Å². The molecule has 0 radical (unpaired) electrons. The molecule has 2 aromatic rings. The van der Waals surface area contributed by atoms with Crippen LogP contribution in [0.5, 0.6) is 5.75 Å².